The molecule has 1 saturated heterocycles. The molecule has 4 nitrogen and oxygen atoms in total. The molecule has 0 radical (unpaired) electrons. The molecule has 2 unspecified atom stereocenters. The molecule has 1 aliphatic rings. The van der Waals surface area contributed by atoms with Crippen molar-refractivity contribution in [3.63, 3.8) is 0 Å². The molecule has 1 aromatic rings. The van der Waals surface area contributed by atoms with Crippen LogP contribution in [0.3, 0.4) is 0 Å². The van der Waals surface area contributed by atoms with Gasteiger partial charge in [-0.05, 0) is 32.1 Å². The molecule has 0 spiro atoms. The van der Waals surface area contributed by atoms with Crippen LogP contribution in [0.1, 0.15) is 12.7 Å². The Morgan fingerprint density at radius 1 is 1.44 bits per heavy atom. The topological polar surface area (TPSA) is 31.6 Å². The van der Waals surface area contributed by atoms with E-state index < -0.39 is 0 Å². The van der Waals surface area contributed by atoms with Crippen molar-refractivity contribution in [2.75, 3.05) is 40.3 Å². The van der Waals surface area contributed by atoms with Gasteiger partial charge in [0.2, 0.25) is 0 Å². The van der Waals surface area contributed by atoms with Gasteiger partial charge in [0.1, 0.15) is 5.76 Å². The summed E-state index contributed by atoms with van der Waals surface area (Å²) in [4.78, 5) is 4.89. The van der Waals surface area contributed by atoms with E-state index in [1.54, 1.807) is 6.26 Å². The second-order valence-corrected chi connectivity index (χ2v) is 5.52. The molecule has 2 heterocycles. The third kappa shape index (κ3) is 3.57. The van der Waals surface area contributed by atoms with Crippen LogP contribution in [-0.2, 0) is 6.54 Å². The summed E-state index contributed by atoms with van der Waals surface area (Å²) in [7, 11) is 4.36. The third-order valence-corrected chi connectivity index (χ3v) is 3.80. The van der Waals surface area contributed by atoms with E-state index in [-0.39, 0.29) is 0 Å². The average molecular weight is 251 g/mol. The molecule has 0 aliphatic carbocycles. The van der Waals surface area contributed by atoms with E-state index in [4.69, 9.17) is 4.42 Å². The fraction of sp³-hybridized carbons (Fsp3) is 0.714. The molecule has 4 heteroatoms. The molecule has 1 aliphatic heterocycles. The maximum Gasteiger partial charge on any atom is 0.117 e. The summed E-state index contributed by atoms with van der Waals surface area (Å²) in [6.45, 7) is 7.72. The van der Waals surface area contributed by atoms with Crippen molar-refractivity contribution in [3.8, 4) is 0 Å². The smallest absolute Gasteiger partial charge is 0.117 e. The predicted octanol–water partition coefficient (Wildman–Crippen LogP) is 1.25. The summed E-state index contributed by atoms with van der Waals surface area (Å²) in [6, 6.07) is 4.64. The Balaban J connectivity index is 1.63. The zero-order valence-corrected chi connectivity index (χ0v) is 11.7. The van der Waals surface area contributed by atoms with E-state index in [9.17, 15) is 0 Å². The third-order valence-electron chi connectivity index (χ3n) is 3.80. The van der Waals surface area contributed by atoms with Gasteiger partial charge >= 0.3 is 0 Å². The van der Waals surface area contributed by atoms with Crippen LogP contribution in [0.15, 0.2) is 22.8 Å². The molecule has 2 atom stereocenters. The van der Waals surface area contributed by atoms with Gasteiger partial charge < -0.3 is 19.5 Å². The SMILES string of the molecule is CC1CN(CCNCc2ccco2)CC1N(C)C. The summed E-state index contributed by atoms with van der Waals surface area (Å²) in [5.74, 6) is 1.78. The van der Waals surface area contributed by atoms with Crippen LogP contribution in [0.4, 0.5) is 0 Å². The molecular formula is C14H25N3O. The number of hydrogen-bond donors (Lipinski definition) is 1. The van der Waals surface area contributed by atoms with Gasteiger partial charge in [-0.2, -0.15) is 0 Å². The number of nitrogens with zero attached hydrogens (tertiary/aromatic N) is 2. The van der Waals surface area contributed by atoms with Crippen molar-refractivity contribution in [2.24, 2.45) is 5.92 Å². The van der Waals surface area contributed by atoms with Crippen molar-refractivity contribution >= 4 is 0 Å². The summed E-state index contributed by atoms with van der Waals surface area (Å²) in [5, 5.41) is 3.42. The normalized spacial score (nSPS) is 25.1. The van der Waals surface area contributed by atoms with Crippen molar-refractivity contribution in [1.29, 1.82) is 0 Å². The molecule has 2 rings (SSSR count). The molecule has 0 saturated carbocycles. The van der Waals surface area contributed by atoms with Crippen LogP contribution in [0, 0.1) is 5.92 Å². The van der Waals surface area contributed by atoms with Crippen molar-refractivity contribution in [3.05, 3.63) is 24.2 Å². The number of likely N-dealkylation sites (N-methyl/N-ethyl adjacent to an activating group) is 1. The second kappa shape index (κ2) is 6.36. The summed E-state index contributed by atoms with van der Waals surface area (Å²) in [5.41, 5.74) is 0. The Morgan fingerprint density at radius 3 is 2.89 bits per heavy atom. The van der Waals surface area contributed by atoms with Gasteiger partial charge in [-0.15, -0.1) is 0 Å². The molecule has 1 N–H and O–H groups in total. The second-order valence-electron chi connectivity index (χ2n) is 5.52. The highest BCUT2D eigenvalue weighted by molar-refractivity contribution is 4.97. The summed E-state index contributed by atoms with van der Waals surface area (Å²) >= 11 is 0. The van der Waals surface area contributed by atoms with Gasteiger partial charge in [-0.3, -0.25) is 0 Å². The molecule has 102 valence electrons. The van der Waals surface area contributed by atoms with Crippen LogP contribution in [0.25, 0.3) is 0 Å². The molecule has 0 aromatic carbocycles. The first kappa shape index (κ1) is 13.6. The Labute approximate surface area is 110 Å². The minimum atomic E-state index is 0.704. The quantitative estimate of drug-likeness (QED) is 0.771. The monoisotopic (exact) mass is 251 g/mol. The molecule has 18 heavy (non-hydrogen) atoms. The first-order chi connectivity index (χ1) is 8.66. The van der Waals surface area contributed by atoms with E-state index in [1.165, 1.54) is 13.1 Å². The molecule has 0 amide bonds. The van der Waals surface area contributed by atoms with Gasteiger partial charge in [0.15, 0.2) is 0 Å². The first-order valence-corrected chi connectivity index (χ1v) is 6.78. The van der Waals surface area contributed by atoms with Crippen LogP contribution in [0.2, 0.25) is 0 Å². The van der Waals surface area contributed by atoms with Gasteiger partial charge in [-0.25, -0.2) is 0 Å². The number of furan rings is 1. The van der Waals surface area contributed by atoms with Crippen LogP contribution in [0.5, 0.6) is 0 Å². The minimum absolute atomic E-state index is 0.704. The van der Waals surface area contributed by atoms with Crippen molar-refractivity contribution in [1.82, 2.24) is 15.1 Å². The molecule has 1 aromatic heterocycles. The average Bonchev–Trinajstić information content (AvgIpc) is 2.94. The molecule has 1 fully saturated rings. The van der Waals surface area contributed by atoms with E-state index in [2.05, 4.69) is 36.1 Å². The largest absolute Gasteiger partial charge is 0.468 e. The van der Waals surface area contributed by atoms with E-state index in [1.807, 2.05) is 12.1 Å². The predicted molar refractivity (Wildman–Crippen MR) is 73.5 cm³/mol. The van der Waals surface area contributed by atoms with Crippen LogP contribution in [-0.4, -0.2) is 56.1 Å². The first-order valence-electron chi connectivity index (χ1n) is 6.78. The van der Waals surface area contributed by atoms with Crippen molar-refractivity contribution < 1.29 is 4.42 Å². The lowest BCUT2D eigenvalue weighted by molar-refractivity contribution is 0.252. The standard InChI is InChI=1S/C14H25N3O/c1-12-10-17(11-14(12)16(2)3)7-6-15-9-13-5-4-8-18-13/h4-5,8,12,14-15H,6-7,9-11H2,1-3H3. The Kier molecular flexibility index (Phi) is 4.80. The highest BCUT2D eigenvalue weighted by Gasteiger charge is 2.30. The van der Waals surface area contributed by atoms with Gasteiger partial charge in [0.25, 0.3) is 0 Å². The highest BCUT2D eigenvalue weighted by Crippen LogP contribution is 2.19. The summed E-state index contributed by atoms with van der Waals surface area (Å²) < 4.78 is 5.29. The lowest BCUT2D eigenvalue weighted by atomic mass is 10.1. The number of likely N-dealkylation sites (tertiary alicyclic amines) is 1. The zero-order valence-electron chi connectivity index (χ0n) is 11.7. The number of hydrogen-bond acceptors (Lipinski definition) is 4. The Bertz CT molecular complexity index is 337. The molecule has 0 bridgehead atoms. The fourth-order valence-electron chi connectivity index (χ4n) is 2.76. The maximum absolute atomic E-state index is 5.29. The lowest BCUT2D eigenvalue weighted by Crippen LogP contribution is -2.35. The number of nitrogens with one attached hydrogen (secondary N) is 1. The Hall–Kier alpha value is -0.840. The number of rotatable bonds is 6. The van der Waals surface area contributed by atoms with E-state index in [0.29, 0.717) is 6.04 Å². The van der Waals surface area contributed by atoms with Crippen LogP contribution >= 0.6 is 0 Å². The maximum atomic E-state index is 5.29. The van der Waals surface area contributed by atoms with E-state index in [0.717, 1.165) is 31.3 Å². The minimum Gasteiger partial charge on any atom is -0.468 e. The summed E-state index contributed by atoms with van der Waals surface area (Å²) in [6.07, 6.45) is 1.72. The van der Waals surface area contributed by atoms with Gasteiger partial charge in [0, 0.05) is 32.2 Å². The Morgan fingerprint density at radius 2 is 2.28 bits per heavy atom. The molecular weight excluding hydrogens is 226 g/mol. The lowest BCUT2D eigenvalue weighted by Gasteiger charge is -2.22. The van der Waals surface area contributed by atoms with Gasteiger partial charge in [-0.1, -0.05) is 6.92 Å². The highest BCUT2D eigenvalue weighted by atomic mass is 16.3. The van der Waals surface area contributed by atoms with E-state index >= 15 is 0 Å². The van der Waals surface area contributed by atoms with Gasteiger partial charge in [0.05, 0.1) is 12.8 Å². The fourth-order valence-corrected chi connectivity index (χ4v) is 2.76. The van der Waals surface area contributed by atoms with Crippen LogP contribution < -0.4 is 5.32 Å². The van der Waals surface area contributed by atoms with Crippen molar-refractivity contribution in [2.45, 2.75) is 19.5 Å². The zero-order chi connectivity index (χ0) is 13.0.